The van der Waals surface area contributed by atoms with Crippen LogP contribution in [0.25, 0.3) is 0 Å². The zero-order chi connectivity index (χ0) is 17.3. The van der Waals surface area contributed by atoms with E-state index in [1.165, 1.54) is 11.8 Å². The number of ketones is 1. The van der Waals surface area contributed by atoms with E-state index in [9.17, 15) is 9.59 Å². The van der Waals surface area contributed by atoms with Gasteiger partial charge < -0.3 is 10.6 Å². The van der Waals surface area contributed by atoms with E-state index in [1.807, 2.05) is 30.3 Å². The number of nitrogens with two attached hydrogens (primary N) is 1. The van der Waals surface area contributed by atoms with Crippen molar-refractivity contribution in [2.45, 2.75) is 19.6 Å². The van der Waals surface area contributed by atoms with E-state index in [1.54, 1.807) is 29.2 Å². The number of hydrogen-bond acceptors (Lipinski definition) is 3. The van der Waals surface area contributed by atoms with Crippen molar-refractivity contribution in [3.63, 3.8) is 0 Å². The Balaban J connectivity index is 2.02. The number of anilines is 1. The SMILES string of the molecule is CC(=O)N1c2ccccc2C(=O)[C@H]1N(Cc1ccccc1)C(N)=S. The minimum atomic E-state index is -0.849. The Bertz CT molecular complexity index is 807. The largest absolute Gasteiger partial charge is 0.376 e. The fourth-order valence-corrected chi connectivity index (χ4v) is 3.13. The summed E-state index contributed by atoms with van der Waals surface area (Å²) in [6.07, 6.45) is -0.849. The van der Waals surface area contributed by atoms with Crippen molar-refractivity contribution in [3.05, 3.63) is 65.7 Å². The molecule has 6 heteroatoms. The smallest absolute Gasteiger partial charge is 0.225 e. The number of carbonyl (C=O) groups excluding carboxylic acids is 2. The average Bonchev–Trinajstić information content (AvgIpc) is 2.86. The summed E-state index contributed by atoms with van der Waals surface area (Å²) in [5, 5.41) is 0.0799. The van der Waals surface area contributed by atoms with Gasteiger partial charge in [-0.25, -0.2) is 0 Å². The molecule has 1 heterocycles. The van der Waals surface area contributed by atoms with E-state index < -0.39 is 6.17 Å². The van der Waals surface area contributed by atoms with E-state index >= 15 is 0 Å². The first-order chi connectivity index (χ1) is 11.5. The van der Waals surface area contributed by atoms with Gasteiger partial charge in [0, 0.05) is 19.0 Å². The van der Waals surface area contributed by atoms with Gasteiger partial charge in [-0.15, -0.1) is 0 Å². The van der Waals surface area contributed by atoms with Crippen molar-refractivity contribution in [2.75, 3.05) is 4.90 Å². The number of benzene rings is 2. The molecule has 5 nitrogen and oxygen atoms in total. The molecule has 1 aliphatic rings. The fraction of sp³-hybridized carbons (Fsp3) is 0.167. The molecule has 3 rings (SSSR count). The molecule has 0 aliphatic carbocycles. The van der Waals surface area contributed by atoms with Gasteiger partial charge in [-0.05, 0) is 29.9 Å². The molecule has 0 saturated heterocycles. The lowest BCUT2D eigenvalue weighted by atomic mass is 10.1. The van der Waals surface area contributed by atoms with E-state index in [-0.39, 0.29) is 16.8 Å². The summed E-state index contributed by atoms with van der Waals surface area (Å²) in [4.78, 5) is 28.2. The molecule has 0 fully saturated rings. The summed E-state index contributed by atoms with van der Waals surface area (Å²) < 4.78 is 0. The number of rotatable bonds is 3. The van der Waals surface area contributed by atoms with Gasteiger partial charge in [-0.1, -0.05) is 42.5 Å². The van der Waals surface area contributed by atoms with Crippen LogP contribution < -0.4 is 10.6 Å². The molecule has 1 aliphatic heterocycles. The summed E-state index contributed by atoms with van der Waals surface area (Å²) in [6.45, 7) is 1.78. The molecule has 0 saturated carbocycles. The van der Waals surface area contributed by atoms with Crippen LogP contribution in [0.15, 0.2) is 54.6 Å². The first-order valence-corrected chi connectivity index (χ1v) is 7.94. The number of carbonyl (C=O) groups is 2. The van der Waals surface area contributed by atoms with Crippen LogP contribution in [-0.4, -0.2) is 27.9 Å². The van der Waals surface area contributed by atoms with Gasteiger partial charge in [0.05, 0.1) is 5.69 Å². The number of Topliss-reactive ketones (excluding diaryl/α,β-unsaturated/α-hetero) is 1. The van der Waals surface area contributed by atoms with Crippen LogP contribution in [0.2, 0.25) is 0 Å². The molecular weight excluding hydrogens is 322 g/mol. The number of amides is 1. The van der Waals surface area contributed by atoms with Gasteiger partial charge in [0.1, 0.15) is 0 Å². The van der Waals surface area contributed by atoms with E-state index in [0.717, 1.165) is 5.56 Å². The number of hydrogen-bond donors (Lipinski definition) is 1. The normalized spacial score (nSPS) is 16.0. The molecular formula is C18H17N3O2S. The monoisotopic (exact) mass is 339 g/mol. The molecule has 0 unspecified atom stereocenters. The topological polar surface area (TPSA) is 66.6 Å². The highest BCUT2D eigenvalue weighted by molar-refractivity contribution is 7.80. The maximum absolute atomic E-state index is 12.9. The minimum absolute atomic E-state index is 0.0799. The van der Waals surface area contributed by atoms with Gasteiger partial charge in [-0.2, -0.15) is 0 Å². The van der Waals surface area contributed by atoms with E-state index in [0.29, 0.717) is 17.8 Å². The third-order valence-electron chi connectivity index (χ3n) is 4.02. The van der Waals surface area contributed by atoms with Gasteiger partial charge in [0.25, 0.3) is 0 Å². The van der Waals surface area contributed by atoms with Gasteiger partial charge in [0.15, 0.2) is 11.3 Å². The molecule has 2 aromatic carbocycles. The standard InChI is InChI=1S/C18H17N3O2S/c1-12(22)21-15-10-6-5-9-14(15)16(23)17(21)20(18(19)24)11-13-7-3-2-4-8-13/h2-10,17H,11H2,1H3,(H2,19,24)/t17-/m0/s1. The minimum Gasteiger partial charge on any atom is -0.376 e. The Kier molecular flexibility index (Phi) is 4.31. The Hall–Kier alpha value is -2.73. The van der Waals surface area contributed by atoms with Crippen LogP contribution in [0.5, 0.6) is 0 Å². The summed E-state index contributed by atoms with van der Waals surface area (Å²) in [5.74, 6) is -0.405. The maximum Gasteiger partial charge on any atom is 0.225 e. The molecule has 0 radical (unpaired) electrons. The average molecular weight is 339 g/mol. The first-order valence-electron chi connectivity index (χ1n) is 7.53. The van der Waals surface area contributed by atoms with Crippen molar-refractivity contribution in [1.29, 1.82) is 0 Å². The van der Waals surface area contributed by atoms with Gasteiger partial charge in [-0.3, -0.25) is 14.5 Å². The second-order valence-electron chi connectivity index (χ2n) is 5.60. The molecule has 1 atom stereocenters. The van der Waals surface area contributed by atoms with Crippen molar-refractivity contribution in [1.82, 2.24) is 4.90 Å². The Labute approximate surface area is 145 Å². The van der Waals surface area contributed by atoms with Crippen molar-refractivity contribution < 1.29 is 9.59 Å². The van der Waals surface area contributed by atoms with Crippen molar-refractivity contribution in [2.24, 2.45) is 5.73 Å². The second-order valence-corrected chi connectivity index (χ2v) is 6.01. The summed E-state index contributed by atoms with van der Waals surface area (Å²) in [6, 6.07) is 16.6. The molecule has 0 aromatic heterocycles. The van der Waals surface area contributed by atoms with E-state index in [4.69, 9.17) is 18.0 Å². The molecule has 122 valence electrons. The van der Waals surface area contributed by atoms with Crippen LogP contribution in [0, 0.1) is 0 Å². The van der Waals surface area contributed by atoms with E-state index in [2.05, 4.69) is 0 Å². The predicted molar refractivity (Wildman–Crippen MR) is 96.5 cm³/mol. The Morgan fingerprint density at radius 2 is 1.79 bits per heavy atom. The Morgan fingerprint density at radius 3 is 2.42 bits per heavy atom. The predicted octanol–water partition coefficient (Wildman–Crippen LogP) is 2.31. The van der Waals surface area contributed by atoms with Crippen LogP contribution >= 0.6 is 12.2 Å². The number of fused-ring (bicyclic) bond motifs is 1. The number of para-hydroxylation sites is 1. The second kappa shape index (κ2) is 6.41. The highest BCUT2D eigenvalue weighted by atomic mass is 32.1. The van der Waals surface area contributed by atoms with Crippen LogP contribution in [0.1, 0.15) is 22.8 Å². The lowest BCUT2D eigenvalue weighted by Gasteiger charge is -2.34. The van der Waals surface area contributed by atoms with Crippen molar-refractivity contribution in [3.8, 4) is 0 Å². The lowest BCUT2D eigenvalue weighted by Crippen LogP contribution is -2.54. The maximum atomic E-state index is 12.9. The molecule has 0 bridgehead atoms. The quantitative estimate of drug-likeness (QED) is 0.869. The third kappa shape index (κ3) is 2.76. The molecule has 2 aromatic rings. The highest BCUT2D eigenvalue weighted by Crippen LogP contribution is 2.34. The third-order valence-corrected chi connectivity index (χ3v) is 4.26. The molecule has 2 N–H and O–H groups in total. The zero-order valence-electron chi connectivity index (χ0n) is 13.2. The summed E-state index contributed by atoms with van der Waals surface area (Å²) in [7, 11) is 0. The van der Waals surface area contributed by atoms with Crippen LogP contribution in [0.4, 0.5) is 5.69 Å². The molecule has 1 amide bonds. The lowest BCUT2D eigenvalue weighted by molar-refractivity contribution is -0.117. The highest BCUT2D eigenvalue weighted by Gasteiger charge is 2.43. The van der Waals surface area contributed by atoms with Crippen molar-refractivity contribution >= 4 is 34.7 Å². The summed E-state index contributed by atoms with van der Waals surface area (Å²) in [5.41, 5.74) is 7.95. The number of thiocarbonyl (C=S) groups is 1. The molecule has 0 spiro atoms. The molecule has 24 heavy (non-hydrogen) atoms. The van der Waals surface area contributed by atoms with Gasteiger partial charge >= 0.3 is 0 Å². The van der Waals surface area contributed by atoms with Crippen LogP contribution in [0.3, 0.4) is 0 Å². The fourth-order valence-electron chi connectivity index (χ4n) is 2.97. The summed E-state index contributed by atoms with van der Waals surface area (Å²) >= 11 is 5.17. The zero-order valence-corrected chi connectivity index (χ0v) is 14.0. The first kappa shape index (κ1) is 16.1. The number of nitrogens with zero attached hydrogens (tertiary/aromatic N) is 2. The van der Waals surface area contributed by atoms with Crippen LogP contribution in [-0.2, 0) is 11.3 Å². The Morgan fingerprint density at radius 1 is 1.17 bits per heavy atom. The van der Waals surface area contributed by atoms with Gasteiger partial charge in [0.2, 0.25) is 11.7 Å².